The van der Waals surface area contributed by atoms with Crippen molar-refractivity contribution >= 4 is 0 Å². The minimum atomic E-state index is 0.0842. The molecule has 0 heterocycles. The average Bonchev–Trinajstić information content (AvgIpc) is 2.58. The molecule has 0 aliphatic heterocycles. The molecule has 0 amide bonds. The number of nitriles is 2. The molecule has 0 saturated heterocycles. The Balaban J connectivity index is 2.20. The van der Waals surface area contributed by atoms with E-state index in [2.05, 4.69) is 27.7 Å². The van der Waals surface area contributed by atoms with Gasteiger partial charge in [0.1, 0.15) is 11.5 Å². The molecule has 2 aromatic carbocycles. The van der Waals surface area contributed by atoms with Gasteiger partial charge in [-0.1, -0.05) is 52.0 Å². The van der Waals surface area contributed by atoms with E-state index in [0.717, 1.165) is 6.42 Å². The summed E-state index contributed by atoms with van der Waals surface area (Å²) in [6.45, 7) is 9.00. The summed E-state index contributed by atoms with van der Waals surface area (Å²) in [4.78, 5) is 0. The molecule has 4 nitrogen and oxygen atoms in total. The van der Waals surface area contributed by atoms with Crippen molar-refractivity contribution in [2.75, 3.05) is 0 Å². The van der Waals surface area contributed by atoms with Crippen molar-refractivity contribution in [3.63, 3.8) is 0 Å². The van der Waals surface area contributed by atoms with Crippen LogP contribution in [0.15, 0.2) is 48.5 Å². The molecule has 0 N–H and O–H groups in total. The Bertz CT molecular complexity index is 791. The molecule has 0 aromatic heterocycles. The zero-order chi connectivity index (χ0) is 19.2. The standard InChI is InChI=1S/C22H24N2O2/c1-16(13-17-5-9-19(10-6-17)25-14-23)21(22(2,3)4)18-7-11-20(12-8-18)26-15-24/h5-12,16,21H,13H2,1-4H3. The van der Waals surface area contributed by atoms with Gasteiger partial charge in [0.2, 0.25) is 0 Å². The Hall–Kier alpha value is -2.98. The summed E-state index contributed by atoms with van der Waals surface area (Å²) in [5.74, 6) is 1.86. The van der Waals surface area contributed by atoms with Crippen LogP contribution in [0.4, 0.5) is 0 Å². The van der Waals surface area contributed by atoms with Gasteiger partial charge < -0.3 is 9.47 Å². The van der Waals surface area contributed by atoms with Crippen LogP contribution >= 0.6 is 0 Å². The van der Waals surface area contributed by atoms with E-state index in [1.807, 2.05) is 48.5 Å². The molecule has 0 saturated carbocycles. The monoisotopic (exact) mass is 348 g/mol. The van der Waals surface area contributed by atoms with E-state index in [1.54, 1.807) is 12.5 Å². The molecule has 0 radical (unpaired) electrons. The van der Waals surface area contributed by atoms with Crippen molar-refractivity contribution in [2.24, 2.45) is 11.3 Å². The molecule has 0 aliphatic carbocycles. The lowest BCUT2D eigenvalue weighted by molar-refractivity contribution is 0.245. The Morgan fingerprint density at radius 1 is 0.846 bits per heavy atom. The number of benzene rings is 2. The second-order valence-electron chi connectivity index (χ2n) is 7.62. The second kappa shape index (κ2) is 8.41. The van der Waals surface area contributed by atoms with Crippen molar-refractivity contribution in [3.8, 4) is 24.0 Å². The van der Waals surface area contributed by atoms with Gasteiger partial charge in [-0.05, 0) is 59.1 Å². The van der Waals surface area contributed by atoms with E-state index in [9.17, 15) is 0 Å². The van der Waals surface area contributed by atoms with E-state index in [4.69, 9.17) is 20.0 Å². The van der Waals surface area contributed by atoms with Gasteiger partial charge in [-0.2, -0.15) is 0 Å². The number of ether oxygens (including phenoxy) is 2. The van der Waals surface area contributed by atoms with Crippen LogP contribution in [-0.4, -0.2) is 0 Å². The third-order valence-corrected chi connectivity index (χ3v) is 4.55. The molecular formula is C22H24N2O2. The van der Waals surface area contributed by atoms with Crippen LogP contribution in [0.5, 0.6) is 11.5 Å². The summed E-state index contributed by atoms with van der Waals surface area (Å²) in [5, 5.41) is 17.2. The van der Waals surface area contributed by atoms with Crippen molar-refractivity contribution in [1.82, 2.24) is 0 Å². The molecule has 0 fully saturated rings. The first kappa shape index (κ1) is 19.3. The van der Waals surface area contributed by atoms with E-state index >= 15 is 0 Å². The number of hydrogen-bond donors (Lipinski definition) is 0. The number of rotatable bonds is 6. The molecule has 2 rings (SSSR count). The maximum absolute atomic E-state index is 8.63. The first-order chi connectivity index (χ1) is 12.3. The number of hydrogen-bond acceptors (Lipinski definition) is 4. The molecule has 2 aromatic rings. The van der Waals surface area contributed by atoms with Crippen LogP contribution in [0.25, 0.3) is 0 Å². The minimum absolute atomic E-state index is 0.0842. The van der Waals surface area contributed by atoms with Gasteiger partial charge in [0.25, 0.3) is 12.5 Å². The van der Waals surface area contributed by atoms with Crippen molar-refractivity contribution in [1.29, 1.82) is 10.5 Å². The smallest absolute Gasteiger partial charge is 0.292 e. The molecule has 2 atom stereocenters. The summed E-state index contributed by atoms with van der Waals surface area (Å²) in [5.41, 5.74) is 2.53. The van der Waals surface area contributed by atoms with Gasteiger partial charge in [0, 0.05) is 0 Å². The van der Waals surface area contributed by atoms with Gasteiger partial charge in [-0.3, -0.25) is 0 Å². The maximum atomic E-state index is 8.63. The van der Waals surface area contributed by atoms with Gasteiger partial charge in [-0.15, -0.1) is 10.5 Å². The largest absolute Gasteiger partial charge is 0.388 e. The normalized spacial score (nSPS) is 13.2. The van der Waals surface area contributed by atoms with Gasteiger partial charge in [0.05, 0.1) is 0 Å². The van der Waals surface area contributed by atoms with E-state index in [0.29, 0.717) is 23.3 Å². The van der Waals surface area contributed by atoms with Gasteiger partial charge >= 0.3 is 0 Å². The Morgan fingerprint density at radius 2 is 1.31 bits per heavy atom. The topological polar surface area (TPSA) is 66.0 Å². The minimum Gasteiger partial charge on any atom is -0.388 e. The third-order valence-electron chi connectivity index (χ3n) is 4.55. The SMILES string of the molecule is CC(Cc1ccc(OC#N)cc1)C(c1ccc(OC#N)cc1)C(C)(C)C. The summed E-state index contributed by atoms with van der Waals surface area (Å²) in [6, 6.07) is 15.4. The number of nitrogens with zero attached hydrogens (tertiary/aromatic N) is 2. The first-order valence-corrected chi connectivity index (χ1v) is 8.66. The van der Waals surface area contributed by atoms with E-state index in [-0.39, 0.29) is 5.41 Å². The first-order valence-electron chi connectivity index (χ1n) is 8.66. The molecule has 134 valence electrons. The quantitative estimate of drug-likeness (QED) is 0.654. The summed E-state index contributed by atoms with van der Waals surface area (Å²) in [6.07, 6.45) is 4.31. The zero-order valence-electron chi connectivity index (χ0n) is 15.7. The highest BCUT2D eigenvalue weighted by Gasteiger charge is 2.31. The summed E-state index contributed by atoms with van der Waals surface area (Å²) < 4.78 is 9.72. The van der Waals surface area contributed by atoms with Crippen LogP contribution in [0, 0.1) is 34.4 Å². The lowest BCUT2D eigenvalue weighted by Gasteiger charge is -2.36. The third kappa shape index (κ3) is 5.01. The fraction of sp³-hybridized carbons (Fsp3) is 0.364. The highest BCUT2D eigenvalue weighted by atomic mass is 16.5. The molecule has 0 aliphatic rings. The van der Waals surface area contributed by atoms with Crippen LogP contribution in [0.3, 0.4) is 0 Å². The van der Waals surface area contributed by atoms with Crippen molar-refractivity contribution < 1.29 is 9.47 Å². The van der Waals surface area contributed by atoms with E-state index < -0.39 is 0 Å². The Labute approximate surface area is 155 Å². The van der Waals surface area contributed by atoms with E-state index in [1.165, 1.54) is 11.1 Å². The molecular weight excluding hydrogens is 324 g/mol. The molecule has 0 spiro atoms. The lowest BCUT2D eigenvalue weighted by Crippen LogP contribution is -2.26. The van der Waals surface area contributed by atoms with Crippen LogP contribution < -0.4 is 9.47 Å². The zero-order valence-corrected chi connectivity index (χ0v) is 15.7. The summed E-state index contributed by atoms with van der Waals surface area (Å²) in [7, 11) is 0. The molecule has 0 bridgehead atoms. The maximum Gasteiger partial charge on any atom is 0.292 e. The average molecular weight is 348 g/mol. The van der Waals surface area contributed by atoms with Crippen LogP contribution in [-0.2, 0) is 6.42 Å². The Kier molecular flexibility index (Phi) is 6.26. The molecule has 26 heavy (non-hydrogen) atoms. The fourth-order valence-electron chi connectivity index (χ4n) is 3.71. The van der Waals surface area contributed by atoms with Crippen LogP contribution in [0.1, 0.15) is 44.7 Å². The lowest BCUT2D eigenvalue weighted by atomic mass is 9.68. The highest BCUT2D eigenvalue weighted by Crippen LogP contribution is 2.42. The van der Waals surface area contributed by atoms with Crippen molar-refractivity contribution in [3.05, 3.63) is 59.7 Å². The fourth-order valence-corrected chi connectivity index (χ4v) is 3.71. The second-order valence-corrected chi connectivity index (χ2v) is 7.62. The van der Waals surface area contributed by atoms with Crippen LogP contribution in [0.2, 0.25) is 0 Å². The molecule has 4 heteroatoms. The summed E-state index contributed by atoms with van der Waals surface area (Å²) >= 11 is 0. The predicted octanol–water partition coefficient (Wildman–Crippen LogP) is 5.41. The highest BCUT2D eigenvalue weighted by molar-refractivity contribution is 5.32. The molecule has 2 unspecified atom stereocenters. The van der Waals surface area contributed by atoms with Gasteiger partial charge in [-0.25, -0.2) is 0 Å². The van der Waals surface area contributed by atoms with Gasteiger partial charge in [0.15, 0.2) is 0 Å². The predicted molar refractivity (Wildman–Crippen MR) is 100 cm³/mol. The Morgan fingerprint density at radius 3 is 1.73 bits per heavy atom. The van der Waals surface area contributed by atoms with Crippen molar-refractivity contribution in [2.45, 2.75) is 40.0 Å².